The maximum absolute atomic E-state index is 12.9. The molecule has 0 bridgehead atoms. The Hall–Kier alpha value is -2.46. The van der Waals surface area contributed by atoms with E-state index in [1.165, 1.54) is 0 Å². The summed E-state index contributed by atoms with van der Waals surface area (Å²) in [6.07, 6.45) is 2.02. The first-order valence-electron chi connectivity index (χ1n) is 8.17. The van der Waals surface area contributed by atoms with Crippen molar-refractivity contribution in [3.63, 3.8) is 0 Å². The second-order valence-electron chi connectivity index (χ2n) is 5.87. The van der Waals surface area contributed by atoms with Crippen LogP contribution in [0.5, 0.6) is 0 Å². The number of hydrogen-bond donors (Lipinski definition) is 0. The van der Waals surface area contributed by atoms with Crippen LogP contribution in [0.15, 0.2) is 83.5 Å². The lowest BCUT2D eigenvalue weighted by molar-refractivity contribution is -0.131. The molecule has 0 aliphatic rings. The largest absolute Gasteiger partial charge is 0.334 e. The van der Waals surface area contributed by atoms with E-state index in [4.69, 9.17) is 0 Å². The molecule has 0 aliphatic heterocycles. The predicted molar refractivity (Wildman–Crippen MR) is 103 cm³/mol. The van der Waals surface area contributed by atoms with Crippen molar-refractivity contribution in [1.29, 1.82) is 0 Å². The van der Waals surface area contributed by atoms with Gasteiger partial charge in [0.15, 0.2) is 0 Å². The van der Waals surface area contributed by atoms with E-state index in [2.05, 4.69) is 20.9 Å². The molecule has 25 heavy (non-hydrogen) atoms. The van der Waals surface area contributed by atoms with E-state index in [1.807, 2.05) is 77.7 Å². The fourth-order valence-electron chi connectivity index (χ4n) is 2.62. The molecule has 3 nitrogen and oxygen atoms in total. The summed E-state index contributed by atoms with van der Waals surface area (Å²) in [5, 5.41) is 0. The van der Waals surface area contributed by atoms with Gasteiger partial charge in [-0.2, -0.15) is 0 Å². The molecule has 0 saturated heterocycles. The Morgan fingerprint density at radius 2 is 1.40 bits per heavy atom. The number of pyridine rings is 1. The molecule has 1 aromatic heterocycles. The summed E-state index contributed by atoms with van der Waals surface area (Å²) < 4.78 is 0.911. The Kier molecular flexibility index (Phi) is 5.96. The molecule has 126 valence electrons. The molecule has 4 heteroatoms. The minimum Gasteiger partial charge on any atom is -0.334 e. The summed E-state index contributed by atoms with van der Waals surface area (Å²) in [5.41, 5.74) is 3.02. The van der Waals surface area contributed by atoms with Crippen molar-refractivity contribution in [2.24, 2.45) is 0 Å². The second kappa shape index (κ2) is 8.58. The van der Waals surface area contributed by atoms with Crippen LogP contribution in [0.1, 0.15) is 16.8 Å². The Morgan fingerprint density at radius 1 is 0.840 bits per heavy atom. The zero-order chi connectivity index (χ0) is 17.5. The van der Waals surface area contributed by atoms with Gasteiger partial charge in [-0.15, -0.1) is 0 Å². The van der Waals surface area contributed by atoms with Crippen molar-refractivity contribution in [2.75, 3.05) is 0 Å². The molecule has 0 radical (unpaired) electrons. The lowest BCUT2D eigenvalue weighted by Crippen LogP contribution is -2.31. The summed E-state index contributed by atoms with van der Waals surface area (Å²) in [6.45, 7) is 1.18. The summed E-state index contributed by atoms with van der Waals surface area (Å²) >= 11 is 3.37. The van der Waals surface area contributed by atoms with Crippen molar-refractivity contribution >= 4 is 21.8 Å². The lowest BCUT2D eigenvalue weighted by Gasteiger charge is -2.23. The molecular weight excluding hydrogens is 376 g/mol. The van der Waals surface area contributed by atoms with Gasteiger partial charge in [0.1, 0.15) is 0 Å². The highest BCUT2D eigenvalue weighted by atomic mass is 79.9. The first-order valence-corrected chi connectivity index (χ1v) is 8.96. The topological polar surface area (TPSA) is 33.2 Å². The predicted octanol–water partition coefficient (Wildman–Crippen LogP) is 4.62. The van der Waals surface area contributed by atoms with E-state index in [0.717, 1.165) is 21.3 Å². The fraction of sp³-hybridized carbons (Fsp3) is 0.143. The third-order valence-corrected chi connectivity index (χ3v) is 4.38. The van der Waals surface area contributed by atoms with Gasteiger partial charge in [-0.05, 0) is 39.2 Å². The Bertz CT molecular complexity index is 763. The van der Waals surface area contributed by atoms with E-state index < -0.39 is 0 Å². The number of rotatable bonds is 6. The van der Waals surface area contributed by atoms with Gasteiger partial charge in [0.05, 0.1) is 6.42 Å². The molecule has 3 aromatic rings. The van der Waals surface area contributed by atoms with E-state index >= 15 is 0 Å². The van der Waals surface area contributed by atoms with Gasteiger partial charge in [-0.25, -0.2) is 0 Å². The first kappa shape index (κ1) is 17.4. The van der Waals surface area contributed by atoms with Crippen molar-refractivity contribution in [2.45, 2.75) is 19.5 Å². The van der Waals surface area contributed by atoms with Crippen molar-refractivity contribution in [3.05, 3.63) is 100 Å². The number of benzene rings is 2. The molecule has 0 spiro atoms. The SMILES string of the molecule is O=C(Cc1ccc(Br)cn1)N(Cc1ccccc1)Cc1ccccc1. The zero-order valence-electron chi connectivity index (χ0n) is 13.8. The van der Waals surface area contributed by atoms with Gasteiger partial charge in [0.25, 0.3) is 0 Å². The molecule has 0 unspecified atom stereocenters. The molecule has 0 N–H and O–H groups in total. The first-order chi connectivity index (χ1) is 12.2. The molecule has 0 aliphatic carbocycles. The van der Waals surface area contributed by atoms with Crippen LogP contribution in [0.4, 0.5) is 0 Å². The normalized spacial score (nSPS) is 10.4. The van der Waals surface area contributed by atoms with Gasteiger partial charge in [-0.1, -0.05) is 60.7 Å². The minimum absolute atomic E-state index is 0.0718. The third kappa shape index (κ3) is 5.26. The van der Waals surface area contributed by atoms with E-state index in [-0.39, 0.29) is 5.91 Å². The molecular formula is C21H19BrN2O. The number of carbonyl (C=O) groups excluding carboxylic acids is 1. The lowest BCUT2D eigenvalue weighted by atomic mass is 10.1. The van der Waals surface area contributed by atoms with Crippen molar-refractivity contribution < 1.29 is 4.79 Å². The molecule has 1 heterocycles. The maximum atomic E-state index is 12.9. The van der Waals surface area contributed by atoms with Gasteiger partial charge in [0, 0.05) is 29.5 Å². The molecule has 2 aromatic carbocycles. The van der Waals surface area contributed by atoms with Gasteiger partial charge >= 0.3 is 0 Å². The second-order valence-corrected chi connectivity index (χ2v) is 6.78. The molecule has 0 atom stereocenters. The average molecular weight is 395 g/mol. The summed E-state index contributed by atoms with van der Waals surface area (Å²) in [7, 11) is 0. The zero-order valence-corrected chi connectivity index (χ0v) is 15.4. The molecule has 1 amide bonds. The van der Waals surface area contributed by atoms with Crippen LogP contribution in [0.3, 0.4) is 0 Å². The summed E-state index contributed by atoms with van der Waals surface area (Å²) in [4.78, 5) is 19.1. The van der Waals surface area contributed by atoms with Crippen molar-refractivity contribution in [3.8, 4) is 0 Å². The smallest absolute Gasteiger partial charge is 0.229 e. The fourth-order valence-corrected chi connectivity index (χ4v) is 2.85. The molecule has 0 fully saturated rings. The highest BCUT2D eigenvalue weighted by Gasteiger charge is 2.16. The van der Waals surface area contributed by atoms with Crippen molar-refractivity contribution in [1.82, 2.24) is 9.88 Å². The molecule has 3 rings (SSSR count). The van der Waals surface area contributed by atoms with Crippen LogP contribution in [0.2, 0.25) is 0 Å². The Morgan fingerprint density at radius 3 is 1.88 bits per heavy atom. The van der Waals surface area contributed by atoms with Crippen LogP contribution in [-0.4, -0.2) is 15.8 Å². The summed E-state index contributed by atoms with van der Waals surface area (Å²) in [5.74, 6) is 0.0718. The quantitative estimate of drug-likeness (QED) is 0.611. The van der Waals surface area contributed by atoms with Crippen LogP contribution >= 0.6 is 15.9 Å². The van der Waals surface area contributed by atoms with Gasteiger partial charge in [-0.3, -0.25) is 9.78 Å². The van der Waals surface area contributed by atoms with E-state index in [1.54, 1.807) is 6.20 Å². The summed E-state index contributed by atoms with van der Waals surface area (Å²) in [6, 6.07) is 23.9. The Labute approximate surface area is 156 Å². The Balaban J connectivity index is 1.76. The average Bonchev–Trinajstić information content (AvgIpc) is 2.65. The van der Waals surface area contributed by atoms with E-state index in [9.17, 15) is 4.79 Å². The number of amides is 1. The van der Waals surface area contributed by atoms with Crippen LogP contribution in [0, 0.1) is 0 Å². The molecule has 0 saturated carbocycles. The number of hydrogen-bond acceptors (Lipinski definition) is 2. The highest BCUT2D eigenvalue weighted by molar-refractivity contribution is 9.10. The maximum Gasteiger partial charge on any atom is 0.229 e. The van der Waals surface area contributed by atoms with E-state index in [0.29, 0.717) is 19.5 Å². The number of aromatic nitrogens is 1. The monoisotopic (exact) mass is 394 g/mol. The standard InChI is InChI=1S/C21H19BrN2O/c22-19-11-12-20(23-14-19)13-21(25)24(15-17-7-3-1-4-8-17)16-18-9-5-2-6-10-18/h1-12,14H,13,15-16H2. The number of halogens is 1. The van der Waals surface area contributed by atoms with Gasteiger partial charge in [0.2, 0.25) is 5.91 Å². The van der Waals surface area contributed by atoms with Crippen LogP contribution < -0.4 is 0 Å². The highest BCUT2D eigenvalue weighted by Crippen LogP contribution is 2.13. The minimum atomic E-state index is 0.0718. The van der Waals surface area contributed by atoms with Crippen LogP contribution in [-0.2, 0) is 24.3 Å². The van der Waals surface area contributed by atoms with Crippen LogP contribution in [0.25, 0.3) is 0 Å². The number of carbonyl (C=O) groups is 1. The third-order valence-electron chi connectivity index (χ3n) is 3.91. The van der Waals surface area contributed by atoms with Gasteiger partial charge < -0.3 is 4.90 Å². The number of nitrogens with zero attached hydrogens (tertiary/aromatic N) is 2.